The van der Waals surface area contributed by atoms with Crippen molar-refractivity contribution >= 4 is 5.82 Å². The number of benzene rings is 1. The highest BCUT2D eigenvalue weighted by molar-refractivity contribution is 5.52. The molecule has 0 aliphatic rings. The van der Waals surface area contributed by atoms with Gasteiger partial charge in [-0.1, -0.05) is 0 Å². The van der Waals surface area contributed by atoms with E-state index in [0.717, 1.165) is 5.75 Å². The Morgan fingerprint density at radius 1 is 1.11 bits per heavy atom. The molecule has 0 atom stereocenters. The predicted molar refractivity (Wildman–Crippen MR) is 70.7 cm³/mol. The van der Waals surface area contributed by atoms with Crippen molar-refractivity contribution in [2.75, 3.05) is 19.5 Å². The summed E-state index contributed by atoms with van der Waals surface area (Å²) < 4.78 is 16.1. The third-order valence-corrected chi connectivity index (χ3v) is 2.35. The summed E-state index contributed by atoms with van der Waals surface area (Å²) >= 11 is 0. The molecular formula is C13H15N3O3. The molecule has 0 saturated heterocycles. The van der Waals surface area contributed by atoms with E-state index in [1.54, 1.807) is 12.1 Å². The zero-order valence-electron chi connectivity index (χ0n) is 10.8. The Balaban J connectivity index is 2.19. The second-order valence-electron chi connectivity index (χ2n) is 3.60. The van der Waals surface area contributed by atoms with Crippen LogP contribution >= 0.6 is 0 Å². The maximum Gasteiger partial charge on any atom is 0.268 e. The highest BCUT2D eigenvalue weighted by atomic mass is 16.5. The van der Waals surface area contributed by atoms with Crippen LogP contribution in [0.4, 0.5) is 5.82 Å². The molecule has 1 aromatic heterocycles. The average molecular weight is 261 g/mol. The van der Waals surface area contributed by atoms with Crippen molar-refractivity contribution in [2.24, 2.45) is 0 Å². The van der Waals surface area contributed by atoms with E-state index in [4.69, 9.17) is 19.9 Å². The van der Waals surface area contributed by atoms with Gasteiger partial charge in [0.15, 0.2) is 5.82 Å². The Kier molecular flexibility index (Phi) is 4.02. The van der Waals surface area contributed by atoms with E-state index in [1.165, 1.54) is 13.4 Å². The average Bonchev–Trinajstić information content (AvgIpc) is 2.42. The first-order valence-electron chi connectivity index (χ1n) is 5.79. The summed E-state index contributed by atoms with van der Waals surface area (Å²) in [6.07, 6.45) is 1.32. The second-order valence-corrected chi connectivity index (χ2v) is 3.60. The minimum absolute atomic E-state index is 0.235. The van der Waals surface area contributed by atoms with Crippen LogP contribution in [-0.2, 0) is 0 Å². The number of methoxy groups -OCH3 is 1. The van der Waals surface area contributed by atoms with E-state index >= 15 is 0 Å². The third kappa shape index (κ3) is 3.04. The van der Waals surface area contributed by atoms with Crippen LogP contribution in [-0.4, -0.2) is 23.7 Å². The van der Waals surface area contributed by atoms with Crippen LogP contribution in [0.2, 0.25) is 0 Å². The minimum atomic E-state index is 0.235. The maximum absolute atomic E-state index is 5.67. The van der Waals surface area contributed by atoms with Gasteiger partial charge < -0.3 is 19.9 Å². The molecule has 0 saturated carbocycles. The molecule has 1 heterocycles. The zero-order valence-corrected chi connectivity index (χ0v) is 10.8. The normalized spacial score (nSPS) is 10.0. The monoisotopic (exact) mass is 261 g/mol. The summed E-state index contributed by atoms with van der Waals surface area (Å²) in [6, 6.07) is 7.19. The van der Waals surface area contributed by atoms with Gasteiger partial charge in [-0.2, -0.15) is 4.98 Å². The molecule has 2 N–H and O–H groups in total. The molecular weight excluding hydrogens is 246 g/mol. The molecule has 0 radical (unpaired) electrons. The first kappa shape index (κ1) is 12.9. The molecule has 2 rings (SSSR count). The van der Waals surface area contributed by atoms with Crippen LogP contribution in [0, 0.1) is 0 Å². The number of aromatic nitrogens is 2. The molecule has 19 heavy (non-hydrogen) atoms. The standard InChI is InChI=1S/C13H15N3O3/c1-3-18-9-4-6-10(7-5-9)19-13-11(17-2)12(14)15-8-16-13/h4-8H,3H2,1-2H3,(H2,14,15,16). The van der Waals surface area contributed by atoms with Gasteiger partial charge in [0.2, 0.25) is 5.75 Å². The van der Waals surface area contributed by atoms with Crippen molar-refractivity contribution in [3.05, 3.63) is 30.6 Å². The quantitative estimate of drug-likeness (QED) is 0.889. The van der Waals surface area contributed by atoms with Crippen molar-refractivity contribution in [1.82, 2.24) is 9.97 Å². The van der Waals surface area contributed by atoms with Crippen LogP contribution in [0.25, 0.3) is 0 Å². The first-order chi connectivity index (χ1) is 9.24. The Hall–Kier alpha value is -2.50. The highest BCUT2D eigenvalue weighted by Crippen LogP contribution is 2.32. The van der Waals surface area contributed by atoms with E-state index in [0.29, 0.717) is 18.1 Å². The van der Waals surface area contributed by atoms with Crippen molar-refractivity contribution in [3.63, 3.8) is 0 Å². The summed E-state index contributed by atoms with van der Waals surface area (Å²) in [5.41, 5.74) is 5.67. The molecule has 0 unspecified atom stereocenters. The van der Waals surface area contributed by atoms with Crippen molar-refractivity contribution in [1.29, 1.82) is 0 Å². The first-order valence-corrected chi connectivity index (χ1v) is 5.79. The molecule has 0 bridgehead atoms. The number of anilines is 1. The molecule has 0 spiro atoms. The van der Waals surface area contributed by atoms with Gasteiger partial charge in [-0.15, -0.1) is 0 Å². The van der Waals surface area contributed by atoms with E-state index in [9.17, 15) is 0 Å². The van der Waals surface area contributed by atoms with Crippen molar-refractivity contribution in [3.8, 4) is 23.1 Å². The van der Waals surface area contributed by atoms with Gasteiger partial charge in [0.05, 0.1) is 13.7 Å². The summed E-state index contributed by atoms with van der Waals surface area (Å²) in [5.74, 6) is 2.22. The number of nitrogens with zero attached hydrogens (tertiary/aromatic N) is 2. The second kappa shape index (κ2) is 5.90. The molecule has 100 valence electrons. The molecule has 2 aromatic rings. The molecule has 1 aromatic carbocycles. The lowest BCUT2D eigenvalue weighted by Crippen LogP contribution is -2.00. The van der Waals surface area contributed by atoms with Gasteiger partial charge in [0, 0.05) is 0 Å². The van der Waals surface area contributed by atoms with Crippen LogP contribution in [0.3, 0.4) is 0 Å². The molecule has 0 fully saturated rings. The number of hydrogen-bond donors (Lipinski definition) is 1. The molecule has 0 aliphatic heterocycles. The van der Waals surface area contributed by atoms with Crippen molar-refractivity contribution < 1.29 is 14.2 Å². The van der Waals surface area contributed by atoms with E-state index < -0.39 is 0 Å². The topological polar surface area (TPSA) is 79.5 Å². The summed E-state index contributed by atoms with van der Waals surface area (Å²) in [7, 11) is 1.49. The Bertz CT molecular complexity index is 543. The van der Waals surface area contributed by atoms with Gasteiger partial charge >= 0.3 is 0 Å². The largest absolute Gasteiger partial charge is 0.494 e. The molecule has 6 nitrogen and oxygen atoms in total. The van der Waals surface area contributed by atoms with Gasteiger partial charge in [0.25, 0.3) is 5.88 Å². The number of nitrogens with two attached hydrogens (primary N) is 1. The van der Waals surface area contributed by atoms with E-state index in [1.807, 2.05) is 19.1 Å². The van der Waals surface area contributed by atoms with Crippen LogP contribution < -0.4 is 19.9 Å². The van der Waals surface area contributed by atoms with Crippen LogP contribution in [0.15, 0.2) is 30.6 Å². The number of rotatable bonds is 5. The lowest BCUT2D eigenvalue weighted by molar-refractivity contribution is 0.339. The molecule has 0 amide bonds. The Morgan fingerprint density at radius 2 is 1.79 bits per heavy atom. The number of ether oxygens (including phenoxy) is 3. The molecule has 6 heteroatoms. The van der Waals surface area contributed by atoms with Gasteiger partial charge in [-0.3, -0.25) is 0 Å². The molecule has 0 aliphatic carbocycles. The van der Waals surface area contributed by atoms with Gasteiger partial charge in [-0.05, 0) is 31.2 Å². The predicted octanol–water partition coefficient (Wildman–Crippen LogP) is 2.26. The summed E-state index contributed by atoms with van der Waals surface area (Å²) in [6.45, 7) is 2.55. The van der Waals surface area contributed by atoms with Gasteiger partial charge in [0.1, 0.15) is 17.8 Å². The van der Waals surface area contributed by atoms with Gasteiger partial charge in [-0.25, -0.2) is 4.98 Å². The van der Waals surface area contributed by atoms with Crippen molar-refractivity contribution in [2.45, 2.75) is 6.92 Å². The summed E-state index contributed by atoms with van der Waals surface area (Å²) in [4.78, 5) is 7.83. The number of hydrogen-bond acceptors (Lipinski definition) is 6. The lowest BCUT2D eigenvalue weighted by Gasteiger charge is -2.10. The fourth-order valence-corrected chi connectivity index (χ4v) is 1.52. The summed E-state index contributed by atoms with van der Waals surface area (Å²) in [5, 5.41) is 0. The number of nitrogen functional groups attached to an aromatic ring is 1. The smallest absolute Gasteiger partial charge is 0.268 e. The highest BCUT2D eigenvalue weighted by Gasteiger charge is 2.11. The Morgan fingerprint density at radius 3 is 2.42 bits per heavy atom. The van der Waals surface area contributed by atoms with E-state index in [2.05, 4.69) is 9.97 Å². The SMILES string of the molecule is CCOc1ccc(Oc2ncnc(N)c2OC)cc1. The van der Waals surface area contributed by atoms with E-state index in [-0.39, 0.29) is 11.7 Å². The zero-order chi connectivity index (χ0) is 13.7. The fraction of sp³-hybridized carbons (Fsp3) is 0.231. The minimum Gasteiger partial charge on any atom is -0.494 e. The lowest BCUT2D eigenvalue weighted by atomic mass is 10.3. The Labute approximate surface area is 111 Å². The maximum atomic E-state index is 5.67. The van der Waals surface area contributed by atoms with Crippen LogP contribution in [0.1, 0.15) is 6.92 Å². The van der Waals surface area contributed by atoms with Crippen LogP contribution in [0.5, 0.6) is 23.1 Å². The third-order valence-electron chi connectivity index (χ3n) is 2.35. The fourth-order valence-electron chi connectivity index (χ4n) is 1.52.